The van der Waals surface area contributed by atoms with Gasteiger partial charge in [-0.15, -0.1) is 0 Å². The van der Waals surface area contributed by atoms with Crippen molar-refractivity contribution in [1.82, 2.24) is 0 Å². The van der Waals surface area contributed by atoms with Gasteiger partial charge in [-0.05, 0) is 13.3 Å². The summed E-state index contributed by atoms with van der Waals surface area (Å²) in [5.41, 5.74) is -2.49. The van der Waals surface area contributed by atoms with Crippen LogP contribution in [0.4, 0.5) is 0 Å². The smallest absolute Gasteiger partial charge is 0.338 e. The summed E-state index contributed by atoms with van der Waals surface area (Å²) in [6.45, 7) is 2.94. The van der Waals surface area contributed by atoms with Crippen LogP contribution in [0.5, 0.6) is 0 Å². The molecule has 0 spiro atoms. The van der Waals surface area contributed by atoms with Crippen LogP contribution in [-0.4, -0.2) is 44.1 Å². The molecular weight excluding hydrogens is 180 g/mol. The zero-order valence-electron chi connectivity index (χ0n) is 6.80. The predicted octanol–water partition coefficient (Wildman–Crippen LogP) is -1.14. The van der Waals surface area contributed by atoms with Crippen molar-refractivity contribution in [3.8, 4) is 0 Å². The number of carboxylic acid groups (broad SMARTS) is 2. The fraction of sp³-hybridized carbons (Fsp3) is 0.571. The molecule has 1 radical (unpaired) electrons. The Balaban J connectivity index is 4.43. The number of aliphatic carboxylic acids is 2. The third kappa shape index (κ3) is 3.00. The van der Waals surface area contributed by atoms with Gasteiger partial charge in [-0.1, -0.05) is 0 Å². The normalized spacial score (nSPS) is 17.5. The highest BCUT2D eigenvalue weighted by atomic mass is 16.4. The van der Waals surface area contributed by atoms with Crippen LogP contribution < -0.4 is 0 Å². The van der Waals surface area contributed by atoms with Crippen molar-refractivity contribution < 1.29 is 30.0 Å². The maximum absolute atomic E-state index is 10.4. The summed E-state index contributed by atoms with van der Waals surface area (Å²) >= 11 is 0. The first-order chi connectivity index (χ1) is 5.80. The van der Waals surface area contributed by atoms with Crippen LogP contribution in [0, 0.1) is 6.92 Å². The van der Waals surface area contributed by atoms with Crippen molar-refractivity contribution in [2.75, 3.05) is 0 Å². The minimum atomic E-state index is -2.49. The molecule has 0 aliphatic carbocycles. The van der Waals surface area contributed by atoms with E-state index in [1.807, 2.05) is 0 Å². The van der Waals surface area contributed by atoms with E-state index in [1.54, 1.807) is 0 Å². The van der Waals surface area contributed by atoms with Gasteiger partial charge in [-0.3, -0.25) is 4.79 Å². The third-order valence-electron chi connectivity index (χ3n) is 1.64. The van der Waals surface area contributed by atoms with Crippen molar-refractivity contribution in [2.24, 2.45) is 0 Å². The van der Waals surface area contributed by atoms with Crippen LogP contribution in [-0.2, 0) is 9.59 Å². The maximum Gasteiger partial charge on any atom is 0.338 e. The lowest BCUT2D eigenvalue weighted by molar-refractivity contribution is -0.170. The van der Waals surface area contributed by atoms with E-state index >= 15 is 0 Å². The quantitative estimate of drug-likeness (QED) is 0.436. The van der Waals surface area contributed by atoms with Crippen molar-refractivity contribution >= 4 is 11.9 Å². The lowest BCUT2D eigenvalue weighted by atomic mass is 9.92. The second-order valence-corrected chi connectivity index (χ2v) is 2.64. The van der Waals surface area contributed by atoms with E-state index in [-0.39, 0.29) is 0 Å². The Kier molecular flexibility index (Phi) is 3.83. The molecule has 4 N–H and O–H groups in total. The van der Waals surface area contributed by atoms with Crippen molar-refractivity contribution in [3.05, 3.63) is 6.92 Å². The lowest BCUT2D eigenvalue weighted by Crippen LogP contribution is -2.48. The van der Waals surface area contributed by atoms with Gasteiger partial charge >= 0.3 is 11.9 Å². The molecule has 2 atom stereocenters. The van der Waals surface area contributed by atoms with E-state index in [0.717, 1.165) is 0 Å². The Labute approximate surface area is 74.4 Å². The highest BCUT2D eigenvalue weighted by molar-refractivity contribution is 5.79. The van der Waals surface area contributed by atoms with E-state index in [0.29, 0.717) is 0 Å². The molecule has 0 saturated carbocycles. The fourth-order valence-electron chi connectivity index (χ4n) is 0.714. The SMILES string of the molecule is [CH2]C(O)C(O)(CCC(=O)O)C(=O)O. The molecule has 0 aliphatic rings. The molecule has 0 bridgehead atoms. The van der Waals surface area contributed by atoms with Gasteiger partial charge in [0.1, 0.15) is 0 Å². The molecule has 0 amide bonds. The van der Waals surface area contributed by atoms with E-state index < -0.39 is 36.5 Å². The maximum atomic E-state index is 10.4. The minimum Gasteiger partial charge on any atom is -0.481 e. The number of hydrogen-bond acceptors (Lipinski definition) is 4. The fourth-order valence-corrected chi connectivity index (χ4v) is 0.714. The van der Waals surface area contributed by atoms with Crippen LogP contribution in [0.1, 0.15) is 12.8 Å². The molecule has 0 aliphatic heterocycles. The van der Waals surface area contributed by atoms with Gasteiger partial charge in [-0.25, -0.2) is 4.79 Å². The van der Waals surface area contributed by atoms with Gasteiger partial charge in [0.15, 0.2) is 5.60 Å². The zero-order chi connectivity index (χ0) is 10.6. The first-order valence-corrected chi connectivity index (χ1v) is 3.49. The number of carboxylic acids is 2. The summed E-state index contributed by atoms with van der Waals surface area (Å²) in [5.74, 6) is -2.93. The zero-order valence-corrected chi connectivity index (χ0v) is 6.80. The van der Waals surface area contributed by atoms with Crippen LogP contribution in [0.3, 0.4) is 0 Å². The molecule has 0 fully saturated rings. The van der Waals surface area contributed by atoms with Gasteiger partial charge in [0.25, 0.3) is 0 Å². The molecule has 6 nitrogen and oxygen atoms in total. The van der Waals surface area contributed by atoms with Crippen molar-refractivity contribution in [2.45, 2.75) is 24.5 Å². The molecule has 0 heterocycles. The number of aliphatic hydroxyl groups is 2. The second kappa shape index (κ2) is 4.20. The molecule has 0 aromatic rings. The summed E-state index contributed by atoms with van der Waals surface area (Å²) in [7, 11) is 0. The summed E-state index contributed by atoms with van der Waals surface area (Å²) < 4.78 is 0. The van der Waals surface area contributed by atoms with Gasteiger partial charge in [-0.2, -0.15) is 0 Å². The first kappa shape index (κ1) is 11.9. The molecule has 13 heavy (non-hydrogen) atoms. The van der Waals surface area contributed by atoms with Gasteiger partial charge in [0.2, 0.25) is 0 Å². The third-order valence-corrected chi connectivity index (χ3v) is 1.64. The molecule has 0 rings (SSSR count). The van der Waals surface area contributed by atoms with Crippen LogP contribution in [0.25, 0.3) is 0 Å². The van der Waals surface area contributed by atoms with Gasteiger partial charge in [0, 0.05) is 6.42 Å². The van der Waals surface area contributed by atoms with Crippen molar-refractivity contribution in [1.29, 1.82) is 0 Å². The predicted molar refractivity (Wildman–Crippen MR) is 40.8 cm³/mol. The lowest BCUT2D eigenvalue weighted by Gasteiger charge is -2.25. The number of rotatable bonds is 5. The average Bonchev–Trinajstić information content (AvgIpc) is 1.99. The second-order valence-electron chi connectivity index (χ2n) is 2.64. The van der Waals surface area contributed by atoms with Crippen LogP contribution >= 0.6 is 0 Å². The van der Waals surface area contributed by atoms with E-state index in [4.69, 9.17) is 15.3 Å². The monoisotopic (exact) mass is 191 g/mol. The molecule has 0 aromatic heterocycles. The topological polar surface area (TPSA) is 115 Å². The Hall–Kier alpha value is -1.14. The van der Waals surface area contributed by atoms with E-state index in [9.17, 15) is 14.7 Å². The molecule has 6 heteroatoms. The summed E-state index contributed by atoms with van der Waals surface area (Å²) in [4.78, 5) is 20.5. The van der Waals surface area contributed by atoms with Crippen LogP contribution in [0.2, 0.25) is 0 Å². The Bertz CT molecular complexity index is 211. The molecule has 0 aromatic carbocycles. The molecule has 0 saturated heterocycles. The number of hydrogen-bond donors (Lipinski definition) is 4. The van der Waals surface area contributed by atoms with Crippen LogP contribution in [0.15, 0.2) is 0 Å². The van der Waals surface area contributed by atoms with Gasteiger partial charge in [0.05, 0.1) is 6.10 Å². The first-order valence-electron chi connectivity index (χ1n) is 3.49. The standard InChI is InChI=1S/C7H11O6/c1-4(8)7(13,6(11)12)3-2-5(9)10/h4,8,13H,1-3H2,(H,9,10)(H,11,12). The highest BCUT2D eigenvalue weighted by Gasteiger charge is 2.41. The van der Waals surface area contributed by atoms with Gasteiger partial charge < -0.3 is 20.4 Å². The molecular formula is C7H11O6. The Morgan fingerprint density at radius 1 is 1.38 bits per heavy atom. The Morgan fingerprint density at radius 2 is 1.85 bits per heavy atom. The molecule has 75 valence electrons. The molecule has 2 unspecified atom stereocenters. The summed E-state index contributed by atoms with van der Waals surface area (Å²) in [6.07, 6.45) is -2.89. The van der Waals surface area contributed by atoms with E-state index in [2.05, 4.69) is 6.92 Å². The summed E-state index contributed by atoms with van der Waals surface area (Å²) in [6, 6.07) is 0. The summed E-state index contributed by atoms with van der Waals surface area (Å²) in [5, 5.41) is 34.8. The number of aliphatic hydroxyl groups excluding tert-OH is 1. The average molecular weight is 191 g/mol. The number of carbonyl (C=O) groups is 2. The van der Waals surface area contributed by atoms with Crippen molar-refractivity contribution in [3.63, 3.8) is 0 Å². The Morgan fingerprint density at radius 3 is 2.08 bits per heavy atom. The van der Waals surface area contributed by atoms with E-state index in [1.165, 1.54) is 0 Å². The minimum absolute atomic E-state index is 0.546. The largest absolute Gasteiger partial charge is 0.481 e. The highest BCUT2D eigenvalue weighted by Crippen LogP contribution is 2.17.